The quantitative estimate of drug-likeness (QED) is 0.0856. The molecule has 0 radical (unpaired) electrons. The van der Waals surface area contributed by atoms with Gasteiger partial charge in [0.05, 0.1) is 24.9 Å². The fraction of sp³-hybridized carbons (Fsp3) is 0.588. The Morgan fingerprint density at radius 3 is 1.83 bits per heavy atom. The maximum Gasteiger partial charge on any atom is 0.261 e. The van der Waals surface area contributed by atoms with Crippen LogP contribution in [0.5, 0.6) is 0 Å². The van der Waals surface area contributed by atoms with Crippen molar-refractivity contribution in [3.63, 3.8) is 0 Å². The predicted molar refractivity (Wildman–Crippen MR) is 184 cm³/mol. The van der Waals surface area contributed by atoms with Crippen LogP contribution in [-0.2, 0) is 19.1 Å². The van der Waals surface area contributed by atoms with Gasteiger partial charge in [0, 0.05) is 36.7 Å². The number of β-lactam (4-membered cyclic amide) rings is 1. The lowest BCUT2D eigenvalue weighted by atomic mass is 9.62. The Bertz CT molecular complexity index is 1380. The summed E-state index contributed by atoms with van der Waals surface area (Å²) < 4.78 is 11.0. The van der Waals surface area contributed by atoms with E-state index in [0.29, 0.717) is 18.8 Å². The number of Topliss-reactive ketones (excluding diaryl/α,β-unsaturated/α-hetero) is 1. The van der Waals surface area contributed by atoms with Crippen LogP contribution in [0.1, 0.15) is 74.6 Å². The Hall–Kier alpha value is -3.81. The minimum Gasteiger partial charge on any atom is -0.499 e. The fourth-order valence-corrected chi connectivity index (χ4v) is 6.31. The molecule has 1 aromatic rings. The van der Waals surface area contributed by atoms with E-state index in [1.165, 1.54) is 45.4 Å². The normalized spacial score (nSPS) is 20.5. The highest BCUT2D eigenvalue weighted by molar-refractivity contribution is 6.31. The highest BCUT2D eigenvalue weighted by Crippen LogP contribution is 2.50. The molecule has 1 saturated heterocycles. The number of azo groups is 1. The molecule has 3 amide bonds. The summed E-state index contributed by atoms with van der Waals surface area (Å²) >= 11 is 6.36. The van der Waals surface area contributed by atoms with E-state index in [2.05, 4.69) is 63.7 Å². The van der Waals surface area contributed by atoms with Crippen molar-refractivity contribution < 1.29 is 28.7 Å². The lowest BCUT2D eigenvalue weighted by molar-refractivity contribution is -0.153. The summed E-state index contributed by atoms with van der Waals surface area (Å²) in [6.45, 7) is 15.8. The Balaban J connectivity index is 1.96. The van der Waals surface area contributed by atoms with Crippen molar-refractivity contribution in [2.45, 2.75) is 65.0 Å². The molecule has 1 aliphatic carbocycles. The second kappa shape index (κ2) is 17.5. The van der Waals surface area contributed by atoms with Gasteiger partial charge in [0.2, 0.25) is 5.54 Å². The van der Waals surface area contributed by atoms with Gasteiger partial charge < -0.3 is 35.2 Å². The summed E-state index contributed by atoms with van der Waals surface area (Å²) in [6.07, 6.45) is 2.97. The molecule has 48 heavy (non-hydrogen) atoms. The molecule has 0 saturated carbocycles. The van der Waals surface area contributed by atoms with Crippen molar-refractivity contribution in [2.75, 3.05) is 66.6 Å². The zero-order valence-electron chi connectivity index (χ0n) is 29.2. The maximum atomic E-state index is 13.3. The van der Waals surface area contributed by atoms with Gasteiger partial charge in [0.25, 0.3) is 17.7 Å². The Kier molecular flexibility index (Phi) is 14.1. The minimum absolute atomic E-state index is 0.0105. The molecule has 0 aromatic heterocycles. The molecule has 2 atom stereocenters. The number of halogens is 1. The monoisotopic (exact) mass is 687 g/mol. The lowest BCUT2D eigenvalue weighted by Gasteiger charge is -2.54. The number of hydrogen-bond acceptors (Lipinski definition) is 10. The van der Waals surface area contributed by atoms with E-state index in [1.54, 1.807) is 0 Å². The minimum atomic E-state index is -2.02. The smallest absolute Gasteiger partial charge is 0.261 e. The molecule has 0 bridgehead atoms. The zero-order valence-corrected chi connectivity index (χ0v) is 30.0. The molecule has 3 rings (SSSR count). The summed E-state index contributed by atoms with van der Waals surface area (Å²) in [5, 5.41) is 17.6. The van der Waals surface area contributed by atoms with Crippen LogP contribution < -0.4 is 16.0 Å². The van der Waals surface area contributed by atoms with E-state index in [1.807, 2.05) is 0 Å². The van der Waals surface area contributed by atoms with Crippen molar-refractivity contribution in [3.8, 4) is 0 Å². The van der Waals surface area contributed by atoms with Crippen LogP contribution in [0.25, 0.3) is 0 Å². The molecular weight excluding hydrogens is 638 g/mol. The van der Waals surface area contributed by atoms with E-state index < -0.39 is 22.8 Å². The van der Waals surface area contributed by atoms with Crippen molar-refractivity contribution in [2.24, 2.45) is 10.2 Å². The summed E-state index contributed by atoms with van der Waals surface area (Å²) in [5.74, 6) is -1.49. The molecule has 1 aromatic carbocycles. The average Bonchev–Trinajstić information content (AvgIpc) is 3.08. The number of ether oxygens (including phenoxy) is 2. The lowest BCUT2D eigenvalue weighted by Crippen LogP contribution is -2.84. The molecule has 1 heterocycles. The molecule has 2 unspecified atom stereocenters. The van der Waals surface area contributed by atoms with Crippen LogP contribution in [0.4, 0.5) is 5.69 Å². The second-order valence-electron chi connectivity index (χ2n) is 11.7. The molecule has 14 heteroatoms. The third-order valence-corrected chi connectivity index (χ3v) is 9.36. The van der Waals surface area contributed by atoms with Gasteiger partial charge in [-0.2, -0.15) is 10.2 Å². The van der Waals surface area contributed by atoms with Crippen molar-refractivity contribution in [1.29, 1.82) is 0 Å². The summed E-state index contributed by atoms with van der Waals surface area (Å²) in [5.41, 5.74) is -2.96. The number of nitrogens with one attached hydrogen (secondary N) is 3. The van der Waals surface area contributed by atoms with Gasteiger partial charge in [-0.15, -0.1) is 0 Å². The van der Waals surface area contributed by atoms with Gasteiger partial charge in [0.1, 0.15) is 17.1 Å². The standard InChI is InChI=1S/C34H50ClN7O6/c1-8-41(9-2)16-12-14-36-30(44)24-18-25(31(45)37-15-13-17-42(10-3)11-4)20-26(19-24)39-40-34(23(5)43)32(46)38-33(34)22-28(47-6)27(35)21-29(33)48-7/h18-21H,8-17,22H2,1-7H3,(H,36,44)(H,37,45)(H,38,46). The van der Waals surface area contributed by atoms with Crippen LogP contribution in [-0.4, -0.2) is 111 Å². The second-order valence-corrected chi connectivity index (χ2v) is 12.1. The zero-order chi connectivity index (χ0) is 35.5. The Morgan fingerprint density at radius 2 is 1.42 bits per heavy atom. The van der Waals surface area contributed by atoms with E-state index in [4.69, 9.17) is 21.1 Å². The molecule has 1 fully saturated rings. The highest BCUT2D eigenvalue weighted by atomic mass is 35.5. The van der Waals surface area contributed by atoms with E-state index in [-0.39, 0.29) is 45.8 Å². The first-order chi connectivity index (χ1) is 23.0. The summed E-state index contributed by atoms with van der Waals surface area (Å²) in [7, 11) is 2.84. The molecule has 1 spiro atoms. The Morgan fingerprint density at radius 1 is 0.896 bits per heavy atom. The number of carbonyl (C=O) groups is 4. The highest BCUT2D eigenvalue weighted by Gasteiger charge is 2.74. The first kappa shape index (κ1) is 38.6. The van der Waals surface area contributed by atoms with Crippen LogP contribution in [0.15, 0.2) is 51.1 Å². The third-order valence-electron chi connectivity index (χ3n) is 9.04. The number of amides is 3. The van der Waals surface area contributed by atoms with Crippen molar-refractivity contribution in [1.82, 2.24) is 25.8 Å². The number of hydrogen-bond donors (Lipinski definition) is 3. The van der Waals surface area contributed by atoms with E-state index >= 15 is 0 Å². The number of benzene rings is 1. The van der Waals surface area contributed by atoms with Crippen LogP contribution in [0.3, 0.4) is 0 Å². The average molecular weight is 688 g/mol. The van der Waals surface area contributed by atoms with Crippen LogP contribution >= 0.6 is 11.6 Å². The fourth-order valence-electron chi connectivity index (χ4n) is 6.07. The number of rotatable bonds is 19. The third kappa shape index (κ3) is 8.24. The number of carbonyl (C=O) groups excluding carboxylic acids is 4. The van der Waals surface area contributed by atoms with Crippen molar-refractivity contribution in [3.05, 3.63) is 52.0 Å². The van der Waals surface area contributed by atoms with Gasteiger partial charge in [0.15, 0.2) is 5.78 Å². The van der Waals surface area contributed by atoms with Gasteiger partial charge >= 0.3 is 0 Å². The van der Waals surface area contributed by atoms with Gasteiger partial charge in [-0.1, -0.05) is 39.3 Å². The number of methoxy groups -OCH3 is 2. The largest absolute Gasteiger partial charge is 0.499 e. The van der Waals surface area contributed by atoms with Crippen molar-refractivity contribution >= 4 is 40.8 Å². The first-order valence-corrected chi connectivity index (χ1v) is 17.0. The Labute approximate surface area is 288 Å². The van der Waals surface area contributed by atoms with Crippen LogP contribution in [0, 0.1) is 0 Å². The first-order valence-electron chi connectivity index (χ1n) is 16.6. The van der Waals surface area contributed by atoms with Gasteiger partial charge in [-0.25, -0.2) is 0 Å². The molecule has 3 N–H and O–H groups in total. The molecule has 1 aliphatic heterocycles. The molecule has 264 valence electrons. The number of ketones is 1. The summed E-state index contributed by atoms with van der Waals surface area (Å²) in [4.78, 5) is 57.7. The molecule has 13 nitrogen and oxygen atoms in total. The maximum absolute atomic E-state index is 13.3. The number of nitrogens with zero attached hydrogens (tertiary/aromatic N) is 4. The van der Waals surface area contributed by atoms with E-state index in [9.17, 15) is 19.2 Å². The van der Waals surface area contributed by atoms with Crippen LogP contribution in [0.2, 0.25) is 0 Å². The van der Waals surface area contributed by atoms with Gasteiger partial charge in [-0.3, -0.25) is 19.2 Å². The SMILES string of the molecule is CCN(CC)CCCNC(=O)c1cc(N=NC2(C(C)=O)C(=O)NC23CC(OC)=C(Cl)C=C3OC)cc(C(=O)NCCCN(CC)CC)c1. The topological polar surface area (TPSA) is 154 Å². The number of allylic oxidation sites excluding steroid dienone is 2. The summed E-state index contributed by atoms with van der Waals surface area (Å²) in [6, 6.07) is 4.45. The predicted octanol–water partition coefficient (Wildman–Crippen LogP) is 3.92. The molecular formula is C34H50ClN7O6. The van der Waals surface area contributed by atoms with Gasteiger partial charge in [-0.05, 0) is 77.2 Å². The molecule has 2 aliphatic rings. The van der Waals surface area contributed by atoms with E-state index in [0.717, 1.165) is 52.1 Å².